The maximum atomic E-state index is 12.1. The summed E-state index contributed by atoms with van der Waals surface area (Å²) in [6, 6.07) is -0.0750. The first kappa shape index (κ1) is 13.2. The molecule has 2 N–H and O–H groups in total. The molecule has 16 heavy (non-hydrogen) atoms. The number of rotatable bonds is 5. The van der Waals surface area contributed by atoms with Gasteiger partial charge >= 0.3 is 0 Å². The largest absolute Gasteiger partial charge is 0.395 e. The average Bonchev–Trinajstić information content (AvgIpc) is 2.56. The Morgan fingerprint density at radius 3 is 3.00 bits per heavy atom. The summed E-state index contributed by atoms with van der Waals surface area (Å²) in [6.45, 7) is 5.46. The van der Waals surface area contributed by atoms with Gasteiger partial charge in [0, 0.05) is 13.1 Å². The van der Waals surface area contributed by atoms with E-state index in [0.29, 0.717) is 13.1 Å². The van der Waals surface area contributed by atoms with Crippen LogP contribution in [0.5, 0.6) is 0 Å². The highest BCUT2D eigenvalue weighted by Crippen LogP contribution is 2.10. The zero-order valence-electron chi connectivity index (χ0n) is 9.82. The van der Waals surface area contributed by atoms with E-state index in [2.05, 4.69) is 11.9 Å². The molecule has 1 rings (SSSR count). The second kappa shape index (κ2) is 7.41. The van der Waals surface area contributed by atoms with Crippen molar-refractivity contribution in [1.82, 2.24) is 10.2 Å². The molecule has 1 heterocycles. The van der Waals surface area contributed by atoms with Gasteiger partial charge in [0.2, 0.25) is 5.91 Å². The highest BCUT2D eigenvalue weighted by Gasteiger charge is 2.23. The van der Waals surface area contributed by atoms with Crippen LogP contribution >= 0.6 is 0 Å². The lowest BCUT2D eigenvalue weighted by atomic mass is 10.1. The molecule has 1 amide bonds. The molecule has 0 saturated carbocycles. The molecular weight excluding hydrogens is 204 g/mol. The second-order valence-electron chi connectivity index (χ2n) is 4.15. The standard InChI is InChI=1S/C12H22N2O2/c1-2-8-14(9-10-15)12(16)11-6-4-3-5-7-13-11/h2,11,13,15H,1,3-10H2. The van der Waals surface area contributed by atoms with E-state index >= 15 is 0 Å². The predicted molar refractivity (Wildman–Crippen MR) is 64.1 cm³/mol. The number of nitrogens with zero attached hydrogens (tertiary/aromatic N) is 1. The van der Waals surface area contributed by atoms with Gasteiger partial charge in [-0.2, -0.15) is 0 Å². The van der Waals surface area contributed by atoms with E-state index in [-0.39, 0.29) is 18.6 Å². The molecule has 1 atom stereocenters. The summed E-state index contributed by atoms with van der Waals surface area (Å²) in [5, 5.41) is 12.2. The highest BCUT2D eigenvalue weighted by molar-refractivity contribution is 5.82. The third-order valence-corrected chi connectivity index (χ3v) is 2.89. The van der Waals surface area contributed by atoms with Crippen LogP contribution in [-0.4, -0.2) is 48.2 Å². The smallest absolute Gasteiger partial charge is 0.240 e. The summed E-state index contributed by atoms with van der Waals surface area (Å²) >= 11 is 0. The van der Waals surface area contributed by atoms with Crippen molar-refractivity contribution in [2.75, 3.05) is 26.2 Å². The lowest BCUT2D eigenvalue weighted by molar-refractivity contribution is -0.133. The summed E-state index contributed by atoms with van der Waals surface area (Å²) < 4.78 is 0. The average molecular weight is 226 g/mol. The first-order valence-electron chi connectivity index (χ1n) is 6.03. The normalized spacial score (nSPS) is 21.2. The van der Waals surface area contributed by atoms with Crippen LogP contribution in [0.2, 0.25) is 0 Å². The molecule has 1 aliphatic heterocycles. The quantitative estimate of drug-likeness (QED) is 0.672. The van der Waals surface area contributed by atoms with Crippen LogP contribution in [0.1, 0.15) is 25.7 Å². The fraction of sp³-hybridized carbons (Fsp3) is 0.750. The Balaban J connectivity index is 2.53. The Bertz CT molecular complexity index is 223. The third kappa shape index (κ3) is 3.94. The summed E-state index contributed by atoms with van der Waals surface area (Å²) in [4.78, 5) is 13.8. The molecule has 92 valence electrons. The minimum Gasteiger partial charge on any atom is -0.395 e. The molecule has 0 aromatic carbocycles. The fourth-order valence-corrected chi connectivity index (χ4v) is 2.03. The van der Waals surface area contributed by atoms with Gasteiger partial charge < -0.3 is 15.3 Å². The molecule has 1 fully saturated rings. The Morgan fingerprint density at radius 1 is 1.50 bits per heavy atom. The number of hydrogen-bond donors (Lipinski definition) is 2. The zero-order valence-corrected chi connectivity index (χ0v) is 9.82. The number of carbonyl (C=O) groups excluding carboxylic acids is 1. The van der Waals surface area contributed by atoms with Crippen LogP contribution in [0.4, 0.5) is 0 Å². The molecule has 0 aromatic heterocycles. The number of aliphatic hydroxyl groups excluding tert-OH is 1. The molecule has 0 bridgehead atoms. The Labute approximate surface area is 97.3 Å². The maximum Gasteiger partial charge on any atom is 0.240 e. The predicted octanol–water partition coefficient (Wildman–Crippen LogP) is 0.525. The van der Waals surface area contributed by atoms with E-state index in [1.807, 2.05) is 0 Å². The van der Waals surface area contributed by atoms with Crippen LogP contribution in [0.15, 0.2) is 12.7 Å². The summed E-state index contributed by atoms with van der Waals surface area (Å²) in [6.07, 6.45) is 6.04. The summed E-state index contributed by atoms with van der Waals surface area (Å²) in [5.74, 6) is 0.0934. The van der Waals surface area contributed by atoms with Crippen LogP contribution in [0, 0.1) is 0 Å². The molecule has 0 radical (unpaired) electrons. The second-order valence-corrected chi connectivity index (χ2v) is 4.15. The topological polar surface area (TPSA) is 52.6 Å². The van der Waals surface area contributed by atoms with Crippen molar-refractivity contribution in [3.05, 3.63) is 12.7 Å². The van der Waals surface area contributed by atoms with E-state index < -0.39 is 0 Å². The molecule has 4 heteroatoms. The van der Waals surface area contributed by atoms with Crippen molar-refractivity contribution in [3.8, 4) is 0 Å². The monoisotopic (exact) mass is 226 g/mol. The molecule has 0 spiro atoms. The van der Waals surface area contributed by atoms with E-state index in [9.17, 15) is 4.79 Å². The first-order valence-corrected chi connectivity index (χ1v) is 6.03. The van der Waals surface area contributed by atoms with Crippen molar-refractivity contribution in [1.29, 1.82) is 0 Å². The minimum atomic E-state index is -0.0750. The van der Waals surface area contributed by atoms with E-state index in [4.69, 9.17) is 5.11 Å². The van der Waals surface area contributed by atoms with Crippen LogP contribution < -0.4 is 5.32 Å². The van der Waals surface area contributed by atoms with Gasteiger partial charge in [0.25, 0.3) is 0 Å². The lowest BCUT2D eigenvalue weighted by Gasteiger charge is -2.25. The number of aliphatic hydroxyl groups is 1. The van der Waals surface area contributed by atoms with E-state index in [1.165, 1.54) is 6.42 Å². The van der Waals surface area contributed by atoms with Crippen LogP contribution in [0.25, 0.3) is 0 Å². The first-order chi connectivity index (χ1) is 7.79. The molecule has 0 aliphatic carbocycles. The van der Waals surface area contributed by atoms with Gasteiger partial charge in [-0.3, -0.25) is 4.79 Å². The number of hydrogen-bond acceptors (Lipinski definition) is 3. The SMILES string of the molecule is C=CCN(CCO)C(=O)C1CCCCCN1. The molecular formula is C12H22N2O2. The Morgan fingerprint density at radius 2 is 2.31 bits per heavy atom. The van der Waals surface area contributed by atoms with Crippen molar-refractivity contribution in [2.24, 2.45) is 0 Å². The molecule has 1 unspecified atom stereocenters. The van der Waals surface area contributed by atoms with Gasteiger partial charge in [-0.15, -0.1) is 6.58 Å². The molecule has 1 aliphatic rings. The van der Waals surface area contributed by atoms with Gasteiger partial charge in [-0.1, -0.05) is 18.9 Å². The van der Waals surface area contributed by atoms with E-state index in [0.717, 1.165) is 25.8 Å². The summed E-state index contributed by atoms with van der Waals surface area (Å²) in [7, 11) is 0. The molecule has 4 nitrogen and oxygen atoms in total. The third-order valence-electron chi connectivity index (χ3n) is 2.89. The van der Waals surface area contributed by atoms with Gasteiger partial charge in [0.1, 0.15) is 0 Å². The van der Waals surface area contributed by atoms with Crippen LogP contribution in [-0.2, 0) is 4.79 Å². The number of amides is 1. The Kier molecular flexibility index (Phi) is 6.11. The van der Waals surface area contributed by atoms with Crippen LogP contribution in [0.3, 0.4) is 0 Å². The lowest BCUT2D eigenvalue weighted by Crippen LogP contribution is -2.47. The fourth-order valence-electron chi connectivity index (χ4n) is 2.03. The van der Waals surface area contributed by atoms with Crippen molar-refractivity contribution >= 4 is 5.91 Å². The molecule has 1 saturated heterocycles. The van der Waals surface area contributed by atoms with E-state index in [1.54, 1.807) is 11.0 Å². The summed E-state index contributed by atoms with van der Waals surface area (Å²) in [5.41, 5.74) is 0. The van der Waals surface area contributed by atoms with Crippen molar-refractivity contribution in [2.45, 2.75) is 31.7 Å². The zero-order chi connectivity index (χ0) is 11.8. The molecule has 0 aromatic rings. The number of carbonyl (C=O) groups is 1. The number of nitrogens with one attached hydrogen (secondary N) is 1. The van der Waals surface area contributed by atoms with Gasteiger partial charge in [-0.25, -0.2) is 0 Å². The van der Waals surface area contributed by atoms with Gasteiger partial charge in [0.15, 0.2) is 0 Å². The van der Waals surface area contributed by atoms with Crippen molar-refractivity contribution < 1.29 is 9.90 Å². The van der Waals surface area contributed by atoms with Gasteiger partial charge in [0.05, 0.1) is 12.6 Å². The maximum absolute atomic E-state index is 12.1. The van der Waals surface area contributed by atoms with Gasteiger partial charge in [-0.05, 0) is 19.4 Å². The Hall–Kier alpha value is -0.870. The highest BCUT2D eigenvalue weighted by atomic mass is 16.3. The van der Waals surface area contributed by atoms with Crippen molar-refractivity contribution in [3.63, 3.8) is 0 Å². The minimum absolute atomic E-state index is 0.00625.